The summed E-state index contributed by atoms with van der Waals surface area (Å²) < 4.78 is 38.8. The highest BCUT2D eigenvalue weighted by molar-refractivity contribution is 5.95. The van der Waals surface area contributed by atoms with Crippen molar-refractivity contribution in [1.29, 1.82) is 0 Å². The maximum absolute atomic E-state index is 12.9. The Morgan fingerprint density at radius 2 is 1.95 bits per heavy atom. The average Bonchev–Trinajstić information content (AvgIpc) is 3.18. The molecule has 1 aromatic heterocycles. The molecule has 0 unspecified atom stereocenters. The van der Waals surface area contributed by atoms with Gasteiger partial charge in [-0.2, -0.15) is 13.2 Å². The van der Waals surface area contributed by atoms with Crippen molar-refractivity contribution in [1.82, 2.24) is 9.88 Å². The quantitative estimate of drug-likeness (QED) is 0.911. The van der Waals surface area contributed by atoms with Gasteiger partial charge in [0.1, 0.15) is 11.2 Å². The van der Waals surface area contributed by atoms with Crippen LogP contribution in [0.3, 0.4) is 0 Å². The molecule has 108 valence electrons. The van der Waals surface area contributed by atoms with Crippen molar-refractivity contribution in [2.75, 3.05) is 7.05 Å². The van der Waals surface area contributed by atoms with Crippen LogP contribution in [0.2, 0.25) is 0 Å². The third-order valence-electron chi connectivity index (χ3n) is 3.47. The first-order valence-electron chi connectivity index (χ1n) is 5.80. The Morgan fingerprint density at radius 1 is 1.35 bits per heavy atom. The van der Waals surface area contributed by atoms with E-state index in [9.17, 15) is 22.8 Å². The number of nitrogens with zero attached hydrogens (tertiary/aromatic N) is 2. The fourth-order valence-corrected chi connectivity index (χ4v) is 1.96. The number of carbonyl (C=O) groups is 2. The van der Waals surface area contributed by atoms with E-state index in [1.54, 1.807) is 0 Å². The van der Waals surface area contributed by atoms with Crippen LogP contribution in [0.1, 0.15) is 33.7 Å². The maximum Gasteiger partial charge on any atom is 0.411 e. The van der Waals surface area contributed by atoms with E-state index in [1.165, 1.54) is 12.1 Å². The molecule has 1 heterocycles. The lowest BCUT2D eigenvalue weighted by molar-refractivity contribution is -0.185. The van der Waals surface area contributed by atoms with Crippen LogP contribution in [-0.2, 0) is 0 Å². The van der Waals surface area contributed by atoms with Crippen LogP contribution in [-0.4, -0.2) is 40.5 Å². The number of amides is 2. The van der Waals surface area contributed by atoms with Gasteiger partial charge in [0.25, 0.3) is 5.91 Å². The van der Waals surface area contributed by atoms with E-state index >= 15 is 0 Å². The summed E-state index contributed by atoms with van der Waals surface area (Å²) in [6, 6.07) is 2.44. The molecule has 2 rings (SSSR count). The van der Waals surface area contributed by atoms with Gasteiger partial charge in [-0.05, 0) is 25.0 Å². The Balaban J connectivity index is 2.22. The van der Waals surface area contributed by atoms with Crippen molar-refractivity contribution in [2.24, 2.45) is 5.73 Å². The Labute approximate surface area is 112 Å². The summed E-state index contributed by atoms with van der Waals surface area (Å²) in [6.07, 6.45) is -3.63. The average molecular weight is 287 g/mol. The second-order valence-electron chi connectivity index (χ2n) is 4.69. The Kier molecular flexibility index (Phi) is 3.19. The smallest absolute Gasteiger partial charge is 0.366 e. The third-order valence-corrected chi connectivity index (χ3v) is 3.47. The lowest BCUT2D eigenvalue weighted by Crippen LogP contribution is -2.49. The number of hydrogen-bond donors (Lipinski definition) is 1. The van der Waals surface area contributed by atoms with Crippen molar-refractivity contribution >= 4 is 11.8 Å². The summed E-state index contributed by atoms with van der Waals surface area (Å²) >= 11 is 0. The van der Waals surface area contributed by atoms with Crippen LogP contribution in [0.4, 0.5) is 13.2 Å². The van der Waals surface area contributed by atoms with Crippen molar-refractivity contribution in [3.05, 3.63) is 29.6 Å². The number of aromatic nitrogens is 1. The minimum absolute atomic E-state index is 0.0844. The first kappa shape index (κ1) is 14.3. The molecule has 0 aliphatic heterocycles. The molecule has 8 heteroatoms. The maximum atomic E-state index is 12.9. The SMILES string of the molecule is CN(C(=O)c1ccc(C(N)=O)cn1)C1(C(F)(F)F)CC1. The van der Waals surface area contributed by atoms with Crippen molar-refractivity contribution in [2.45, 2.75) is 24.6 Å². The molecule has 0 aromatic carbocycles. The predicted molar refractivity (Wildman–Crippen MR) is 62.9 cm³/mol. The second kappa shape index (κ2) is 4.46. The van der Waals surface area contributed by atoms with Crippen LogP contribution in [0.5, 0.6) is 0 Å². The highest BCUT2D eigenvalue weighted by Gasteiger charge is 2.67. The molecule has 0 atom stereocenters. The van der Waals surface area contributed by atoms with E-state index in [1.807, 2.05) is 0 Å². The van der Waals surface area contributed by atoms with Crippen LogP contribution in [0, 0.1) is 0 Å². The zero-order chi connectivity index (χ0) is 15.1. The normalized spacial score (nSPS) is 16.6. The van der Waals surface area contributed by atoms with E-state index in [0.29, 0.717) is 4.90 Å². The standard InChI is InChI=1S/C12H12F3N3O2/c1-18(11(4-5-11)12(13,14)15)10(20)8-3-2-7(6-17-8)9(16)19/h2-3,6H,4-5H2,1H3,(H2,16,19). The van der Waals surface area contributed by atoms with Gasteiger partial charge in [0.05, 0.1) is 5.56 Å². The van der Waals surface area contributed by atoms with Crippen LogP contribution in [0.25, 0.3) is 0 Å². The van der Waals surface area contributed by atoms with E-state index in [-0.39, 0.29) is 24.1 Å². The number of pyridine rings is 1. The third kappa shape index (κ3) is 2.21. The van der Waals surface area contributed by atoms with Crippen molar-refractivity contribution < 1.29 is 22.8 Å². The van der Waals surface area contributed by atoms with Gasteiger partial charge in [0, 0.05) is 13.2 Å². The first-order chi connectivity index (χ1) is 9.19. The summed E-state index contributed by atoms with van der Waals surface area (Å²) in [5, 5.41) is 0. The molecule has 1 aromatic rings. The lowest BCUT2D eigenvalue weighted by Gasteiger charge is -2.29. The van der Waals surface area contributed by atoms with Gasteiger partial charge in [0.2, 0.25) is 5.91 Å². The Hall–Kier alpha value is -2.12. The molecule has 1 saturated carbocycles. The fourth-order valence-electron chi connectivity index (χ4n) is 1.96. The molecule has 0 bridgehead atoms. The lowest BCUT2D eigenvalue weighted by atomic mass is 10.2. The van der Waals surface area contributed by atoms with Gasteiger partial charge in [-0.15, -0.1) is 0 Å². The molecule has 1 aliphatic carbocycles. The van der Waals surface area contributed by atoms with Crippen molar-refractivity contribution in [3.63, 3.8) is 0 Å². The number of carbonyl (C=O) groups excluding carboxylic acids is 2. The molecule has 1 aliphatic rings. The van der Waals surface area contributed by atoms with Gasteiger partial charge in [-0.1, -0.05) is 0 Å². The molecule has 5 nitrogen and oxygen atoms in total. The van der Waals surface area contributed by atoms with E-state index in [4.69, 9.17) is 5.73 Å². The molecule has 0 saturated heterocycles. The molecule has 0 spiro atoms. The van der Waals surface area contributed by atoms with Crippen molar-refractivity contribution in [3.8, 4) is 0 Å². The van der Waals surface area contributed by atoms with Gasteiger partial charge in [-0.25, -0.2) is 0 Å². The Morgan fingerprint density at radius 3 is 2.30 bits per heavy atom. The minimum atomic E-state index is -4.47. The van der Waals surface area contributed by atoms with Gasteiger partial charge >= 0.3 is 6.18 Å². The molecule has 2 N–H and O–H groups in total. The second-order valence-corrected chi connectivity index (χ2v) is 4.69. The Bertz CT molecular complexity index is 550. The minimum Gasteiger partial charge on any atom is -0.366 e. The monoisotopic (exact) mass is 287 g/mol. The highest BCUT2D eigenvalue weighted by atomic mass is 19.4. The zero-order valence-corrected chi connectivity index (χ0v) is 10.6. The molecule has 1 fully saturated rings. The number of hydrogen-bond acceptors (Lipinski definition) is 3. The number of primary amides is 1. The van der Waals surface area contributed by atoms with E-state index < -0.39 is 23.5 Å². The van der Waals surface area contributed by atoms with E-state index in [2.05, 4.69) is 4.98 Å². The number of nitrogens with two attached hydrogens (primary N) is 1. The highest BCUT2D eigenvalue weighted by Crippen LogP contribution is 2.53. The summed E-state index contributed by atoms with van der Waals surface area (Å²) in [5.41, 5.74) is 2.85. The van der Waals surface area contributed by atoms with Gasteiger partial charge in [-0.3, -0.25) is 14.6 Å². The fraction of sp³-hybridized carbons (Fsp3) is 0.417. The van der Waals surface area contributed by atoms with Crippen LogP contribution >= 0.6 is 0 Å². The molecule has 2 amide bonds. The molecule has 20 heavy (non-hydrogen) atoms. The summed E-state index contributed by atoms with van der Waals surface area (Å²) in [7, 11) is 1.10. The topological polar surface area (TPSA) is 76.3 Å². The zero-order valence-electron chi connectivity index (χ0n) is 10.6. The van der Waals surface area contributed by atoms with Gasteiger partial charge < -0.3 is 10.6 Å². The number of rotatable bonds is 3. The van der Waals surface area contributed by atoms with Crippen LogP contribution in [0.15, 0.2) is 18.3 Å². The van der Waals surface area contributed by atoms with Crippen LogP contribution < -0.4 is 5.73 Å². The first-order valence-corrected chi connectivity index (χ1v) is 5.80. The molecular formula is C12H12F3N3O2. The summed E-state index contributed by atoms with van der Waals surface area (Å²) in [6.45, 7) is 0. The largest absolute Gasteiger partial charge is 0.411 e. The summed E-state index contributed by atoms with van der Waals surface area (Å²) in [5.74, 6) is -1.56. The van der Waals surface area contributed by atoms with E-state index in [0.717, 1.165) is 13.2 Å². The number of halogens is 3. The molecule has 0 radical (unpaired) electrons. The molecular weight excluding hydrogens is 275 g/mol. The number of alkyl halides is 3. The predicted octanol–water partition coefficient (Wildman–Crippen LogP) is 1.35. The van der Waals surface area contributed by atoms with Gasteiger partial charge in [0.15, 0.2) is 0 Å². The summed E-state index contributed by atoms with van der Waals surface area (Å²) in [4.78, 5) is 27.2.